The van der Waals surface area contributed by atoms with Crippen molar-refractivity contribution in [3.05, 3.63) is 148 Å². The lowest BCUT2D eigenvalue weighted by Gasteiger charge is -2.12. The number of ketones is 1. The van der Waals surface area contributed by atoms with Crippen LogP contribution >= 0.6 is 0 Å². The zero-order chi connectivity index (χ0) is 30.1. The molecule has 0 amide bonds. The number of carbonyl (C=O) groups excluding carboxylic acids is 1. The third kappa shape index (κ3) is 5.48. The van der Waals surface area contributed by atoms with Gasteiger partial charge < -0.3 is 9.84 Å². The van der Waals surface area contributed by atoms with Crippen LogP contribution in [0.1, 0.15) is 40.1 Å². The molecule has 43 heavy (non-hydrogen) atoms. The number of aryl methyl sites for hydroxylation is 1. The van der Waals surface area contributed by atoms with Gasteiger partial charge in [-0.1, -0.05) is 42.5 Å². The minimum absolute atomic E-state index is 0.0171. The van der Waals surface area contributed by atoms with Gasteiger partial charge in [0.05, 0.1) is 17.9 Å². The Kier molecular flexibility index (Phi) is 7.44. The van der Waals surface area contributed by atoms with Crippen LogP contribution in [-0.2, 0) is 6.42 Å². The summed E-state index contributed by atoms with van der Waals surface area (Å²) in [5, 5.41) is 14.4. The number of hydrogen-bond acceptors (Lipinski definition) is 5. The molecule has 1 unspecified atom stereocenters. The van der Waals surface area contributed by atoms with Gasteiger partial charge in [0.15, 0.2) is 23.1 Å². The number of rotatable bonds is 8. The summed E-state index contributed by atoms with van der Waals surface area (Å²) in [4.78, 5) is 26.5. The highest BCUT2D eigenvalue weighted by Crippen LogP contribution is 2.36. The highest BCUT2D eigenvalue weighted by molar-refractivity contribution is 5.98. The number of halogens is 1. The van der Waals surface area contributed by atoms with E-state index in [-0.39, 0.29) is 17.7 Å². The van der Waals surface area contributed by atoms with Crippen LogP contribution in [0.4, 0.5) is 4.39 Å². The van der Waals surface area contributed by atoms with E-state index in [1.165, 1.54) is 16.7 Å². The minimum Gasteiger partial charge on any atom is -0.452 e. The summed E-state index contributed by atoms with van der Waals surface area (Å²) < 4.78 is 24.5. The number of fused-ring (bicyclic) bond motifs is 1. The van der Waals surface area contributed by atoms with Gasteiger partial charge in [0.25, 0.3) is 5.56 Å². The van der Waals surface area contributed by atoms with Crippen molar-refractivity contribution < 1.29 is 19.0 Å². The van der Waals surface area contributed by atoms with Gasteiger partial charge >= 0.3 is 0 Å². The van der Waals surface area contributed by atoms with Crippen molar-refractivity contribution in [1.29, 1.82) is 0 Å². The second-order valence-corrected chi connectivity index (χ2v) is 10.4. The average Bonchev–Trinajstić information content (AvgIpc) is 3.44. The van der Waals surface area contributed by atoms with Gasteiger partial charge in [-0.15, -0.1) is 0 Å². The zero-order valence-corrected chi connectivity index (χ0v) is 23.6. The molecule has 3 heterocycles. The molecule has 1 N–H and O–H groups in total. The molecule has 0 fully saturated rings. The van der Waals surface area contributed by atoms with Crippen molar-refractivity contribution in [3.8, 4) is 28.3 Å². The van der Waals surface area contributed by atoms with E-state index in [2.05, 4.69) is 5.10 Å². The largest absolute Gasteiger partial charge is 0.452 e. The molecule has 7 nitrogen and oxygen atoms in total. The maximum atomic E-state index is 15.4. The molecule has 8 heteroatoms. The van der Waals surface area contributed by atoms with E-state index >= 15 is 4.39 Å². The van der Waals surface area contributed by atoms with E-state index < -0.39 is 23.3 Å². The molecule has 0 bridgehead atoms. The molecule has 214 valence electrons. The molecule has 0 aliphatic carbocycles. The number of aliphatic hydroxyl groups excluding tert-OH is 1. The molecule has 0 aliphatic rings. The fraction of sp³-hybridized carbons (Fsp3) is 0.114. The number of Topliss-reactive ketones (excluding diaryl/α,β-unsaturated/α-hetero) is 1. The van der Waals surface area contributed by atoms with Crippen molar-refractivity contribution in [2.45, 2.75) is 26.4 Å². The van der Waals surface area contributed by atoms with Crippen LogP contribution in [0.2, 0.25) is 0 Å². The van der Waals surface area contributed by atoms with E-state index in [0.29, 0.717) is 28.1 Å². The van der Waals surface area contributed by atoms with Crippen molar-refractivity contribution in [3.63, 3.8) is 0 Å². The molecule has 6 rings (SSSR count). The summed E-state index contributed by atoms with van der Waals surface area (Å²) in [5.74, 6) is -0.664. The predicted molar refractivity (Wildman–Crippen MR) is 163 cm³/mol. The summed E-state index contributed by atoms with van der Waals surface area (Å²) in [5.41, 5.74) is 4.37. The average molecular weight is 574 g/mol. The number of hydrogen-bond donors (Lipinski definition) is 1. The second kappa shape index (κ2) is 11.5. The monoisotopic (exact) mass is 573 g/mol. The predicted octanol–water partition coefficient (Wildman–Crippen LogP) is 6.87. The van der Waals surface area contributed by atoms with Crippen LogP contribution in [0.15, 0.2) is 114 Å². The Balaban J connectivity index is 1.28. The van der Waals surface area contributed by atoms with Crippen LogP contribution in [0, 0.1) is 12.7 Å². The summed E-state index contributed by atoms with van der Waals surface area (Å²) in [6, 6.07) is 26.2. The van der Waals surface area contributed by atoms with Gasteiger partial charge in [0, 0.05) is 36.1 Å². The number of ether oxygens (including phenoxy) is 1. The number of para-hydroxylation sites is 1. The summed E-state index contributed by atoms with van der Waals surface area (Å²) in [7, 11) is 0. The van der Waals surface area contributed by atoms with Gasteiger partial charge in [-0.05, 0) is 78.6 Å². The fourth-order valence-corrected chi connectivity index (χ4v) is 5.18. The fourth-order valence-electron chi connectivity index (χ4n) is 5.18. The molecule has 6 aromatic rings. The highest BCUT2D eigenvalue weighted by Gasteiger charge is 2.19. The number of nitrogens with zero attached hydrogens (tertiary/aromatic N) is 3. The van der Waals surface area contributed by atoms with Crippen molar-refractivity contribution in [2.24, 2.45) is 0 Å². The molecule has 3 aromatic carbocycles. The number of carbonyl (C=O) groups is 1. The number of benzene rings is 3. The van der Waals surface area contributed by atoms with E-state index in [9.17, 15) is 14.7 Å². The Morgan fingerprint density at radius 1 is 0.953 bits per heavy atom. The number of pyridine rings is 1. The third-order valence-corrected chi connectivity index (χ3v) is 7.39. The van der Waals surface area contributed by atoms with E-state index in [0.717, 1.165) is 16.7 Å². The minimum atomic E-state index is -0.643. The molecule has 3 aromatic heterocycles. The number of aromatic nitrogens is 3. The van der Waals surface area contributed by atoms with Crippen LogP contribution in [0.25, 0.3) is 22.3 Å². The zero-order valence-electron chi connectivity index (χ0n) is 23.6. The van der Waals surface area contributed by atoms with Gasteiger partial charge in [0.2, 0.25) is 0 Å². The van der Waals surface area contributed by atoms with Gasteiger partial charge in [0.1, 0.15) is 5.52 Å². The standard InChI is InChI=1S/C35H28FN3O4/c1-22-14-17-38(27-9-4-3-5-10-27)35(42)33(22)30(41)20-24-11-12-31(29(36)19-24)43-32-13-16-37-39-18-15-28(34(32)39)26-8-6-7-25(21-26)23(2)40/h3-19,21,23,40H,20H2,1-2H3. The lowest BCUT2D eigenvalue weighted by molar-refractivity contribution is 0.0990. The van der Waals surface area contributed by atoms with Crippen molar-refractivity contribution >= 4 is 11.3 Å². The molecule has 1 atom stereocenters. The topological polar surface area (TPSA) is 85.8 Å². The summed E-state index contributed by atoms with van der Waals surface area (Å²) >= 11 is 0. The quantitative estimate of drug-likeness (QED) is 0.201. The van der Waals surface area contributed by atoms with Crippen molar-refractivity contribution in [2.75, 3.05) is 0 Å². The summed E-state index contributed by atoms with van der Waals surface area (Å²) in [6.07, 6.45) is 4.22. The maximum Gasteiger partial charge on any atom is 0.266 e. The smallest absolute Gasteiger partial charge is 0.266 e. The Bertz CT molecular complexity index is 2030. The first-order valence-corrected chi connectivity index (χ1v) is 13.8. The van der Waals surface area contributed by atoms with Gasteiger partial charge in [-0.3, -0.25) is 14.2 Å². The number of aliphatic hydroxyl groups is 1. The Morgan fingerprint density at radius 3 is 2.53 bits per heavy atom. The Hall–Kier alpha value is -5.34. The first kappa shape index (κ1) is 27.8. The normalized spacial score (nSPS) is 11.9. The van der Waals surface area contributed by atoms with Crippen molar-refractivity contribution in [1.82, 2.24) is 14.2 Å². The van der Waals surface area contributed by atoms with E-state index in [4.69, 9.17) is 4.74 Å². The van der Waals surface area contributed by atoms with Crippen LogP contribution < -0.4 is 10.3 Å². The molecule has 0 radical (unpaired) electrons. The molecular formula is C35H28FN3O4. The molecule has 0 saturated carbocycles. The van der Waals surface area contributed by atoms with Crippen LogP contribution in [-0.4, -0.2) is 25.1 Å². The lowest BCUT2D eigenvalue weighted by Crippen LogP contribution is -2.27. The van der Waals surface area contributed by atoms with Crippen LogP contribution in [0.3, 0.4) is 0 Å². The van der Waals surface area contributed by atoms with E-state index in [1.54, 1.807) is 67.3 Å². The van der Waals surface area contributed by atoms with Gasteiger partial charge in [-0.25, -0.2) is 8.91 Å². The first-order valence-electron chi connectivity index (χ1n) is 13.8. The third-order valence-electron chi connectivity index (χ3n) is 7.39. The van der Waals surface area contributed by atoms with Crippen LogP contribution in [0.5, 0.6) is 11.5 Å². The Morgan fingerprint density at radius 2 is 1.77 bits per heavy atom. The van der Waals surface area contributed by atoms with Gasteiger partial charge in [-0.2, -0.15) is 5.10 Å². The molecule has 0 saturated heterocycles. The second-order valence-electron chi connectivity index (χ2n) is 10.4. The highest BCUT2D eigenvalue weighted by atomic mass is 19.1. The SMILES string of the molecule is Cc1ccn(-c2ccccc2)c(=O)c1C(=O)Cc1ccc(Oc2ccnn3ccc(-c4cccc(C(C)O)c4)c23)c(F)c1. The van der Waals surface area contributed by atoms with E-state index in [1.807, 2.05) is 48.5 Å². The Labute approximate surface area is 247 Å². The summed E-state index contributed by atoms with van der Waals surface area (Å²) in [6.45, 7) is 3.42. The lowest BCUT2D eigenvalue weighted by atomic mass is 10.0. The molecule has 0 aliphatic heterocycles. The first-order chi connectivity index (χ1) is 20.8. The maximum absolute atomic E-state index is 15.4. The molecule has 0 spiro atoms. The molecular weight excluding hydrogens is 545 g/mol.